The average Bonchev–Trinajstić information content (AvgIpc) is 2.69. The molecule has 0 radical (unpaired) electrons. The van der Waals surface area contributed by atoms with Gasteiger partial charge in [-0.15, -0.1) is 0 Å². The Morgan fingerprint density at radius 3 is 2.79 bits per heavy atom. The molecule has 1 heterocycles. The first kappa shape index (κ1) is 14.5. The van der Waals surface area contributed by atoms with E-state index in [1.165, 1.54) is 6.07 Å². The van der Waals surface area contributed by atoms with Gasteiger partial charge in [0.25, 0.3) is 0 Å². The van der Waals surface area contributed by atoms with Gasteiger partial charge in [-0.05, 0) is 46.8 Å². The molecular formula is C14H19BrFN3. The fraction of sp³-hybridized carbons (Fsp3) is 0.500. The summed E-state index contributed by atoms with van der Waals surface area (Å²) < 4.78 is 13.9. The van der Waals surface area contributed by atoms with Gasteiger partial charge in [-0.3, -0.25) is 0 Å². The zero-order valence-corrected chi connectivity index (χ0v) is 12.8. The molecule has 3 N–H and O–H groups in total. The van der Waals surface area contributed by atoms with Gasteiger partial charge in [0.1, 0.15) is 11.6 Å². The van der Waals surface area contributed by atoms with Crippen molar-refractivity contribution in [2.45, 2.75) is 33.1 Å². The van der Waals surface area contributed by atoms with Crippen LogP contribution < -0.4 is 5.73 Å². The van der Waals surface area contributed by atoms with Crippen LogP contribution in [0, 0.1) is 11.2 Å². The number of aromatic nitrogens is 2. The molecule has 3 nitrogen and oxygen atoms in total. The highest BCUT2D eigenvalue weighted by Crippen LogP contribution is 2.27. The smallest absolute Gasteiger partial charge is 0.139 e. The molecule has 0 aliphatic rings. The summed E-state index contributed by atoms with van der Waals surface area (Å²) >= 11 is 3.17. The van der Waals surface area contributed by atoms with Gasteiger partial charge in [0.05, 0.1) is 15.5 Å². The number of benzene rings is 1. The van der Waals surface area contributed by atoms with Crippen molar-refractivity contribution in [1.82, 2.24) is 9.97 Å². The second kappa shape index (κ2) is 5.59. The van der Waals surface area contributed by atoms with E-state index in [9.17, 15) is 4.39 Å². The molecule has 19 heavy (non-hydrogen) atoms. The van der Waals surface area contributed by atoms with E-state index in [2.05, 4.69) is 39.7 Å². The number of nitrogens with two attached hydrogens (primary N) is 1. The van der Waals surface area contributed by atoms with Crippen molar-refractivity contribution >= 4 is 27.0 Å². The first-order chi connectivity index (χ1) is 8.91. The summed E-state index contributed by atoms with van der Waals surface area (Å²) in [6.45, 7) is 5.11. The minimum atomic E-state index is -0.272. The van der Waals surface area contributed by atoms with Crippen LogP contribution in [0.25, 0.3) is 11.0 Å². The van der Waals surface area contributed by atoms with Gasteiger partial charge in [-0.25, -0.2) is 9.37 Å². The molecule has 0 aliphatic heterocycles. The summed E-state index contributed by atoms with van der Waals surface area (Å²) in [6.07, 6.45) is 2.85. The van der Waals surface area contributed by atoms with E-state index in [4.69, 9.17) is 5.73 Å². The Balaban J connectivity index is 2.14. The van der Waals surface area contributed by atoms with Crippen LogP contribution in [0.5, 0.6) is 0 Å². The Morgan fingerprint density at radius 2 is 2.11 bits per heavy atom. The highest BCUT2D eigenvalue weighted by molar-refractivity contribution is 9.10. The molecular weight excluding hydrogens is 309 g/mol. The van der Waals surface area contributed by atoms with Gasteiger partial charge in [-0.2, -0.15) is 0 Å². The highest BCUT2D eigenvalue weighted by atomic mass is 79.9. The first-order valence-corrected chi connectivity index (χ1v) is 7.24. The van der Waals surface area contributed by atoms with Gasteiger partial charge in [0.2, 0.25) is 0 Å². The average molecular weight is 328 g/mol. The Kier molecular flexibility index (Phi) is 4.26. The third-order valence-electron chi connectivity index (χ3n) is 3.43. The number of aryl methyl sites for hydroxylation is 1. The van der Waals surface area contributed by atoms with E-state index >= 15 is 0 Å². The summed E-state index contributed by atoms with van der Waals surface area (Å²) in [6, 6.07) is 3.18. The maximum Gasteiger partial charge on any atom is 0.139 e. The number of hydrogen-bond donors (Lipinski definition) is 2. The third kappa shape index (κ3) is 3.54. The SMILES string of the molecule is CC(C)(CCN)CCc1nc2cc(Br)c(F)cc2[nH]1. The monoisotopic (exact) mass is 327 g/mol. The molecule has 104 valence electrons. The van der Waals surface area contributed by atoms with Gasteiger partial charge in [0, 0.05) is 12.5 Å². The maximum atomic E-state index is 13.4. The van der Waals surface area contributed by atoms with Gasteiger partial charge < -0.3 is 10.7 Å². The molecule has 1 aromatic carbocycles. The van der Waals surface area contributed by atoms with Crippen LogP contribution in [-0.4, -0.2) is 16.5 Å². The molecule has 0 amide bonds. The quantitative estimate of drug-likeness (QED) is 0.878. The molecule has 2 aromatic rings. The van der Waals surface area contributed by atoms with Crippen LogP contribution in [0.3, 0.4) is 0 Å². The van der Waals surface area contributed by atoms with Crippen LogP contribution in [0.4, 0.5) is 4.39 Å². The minimum absolute atomic E-state index is 0.208. The number of H-pyrrole nitrogens is 1. The molecule has 1 aromatic heterocycles. The lowest BCUT2D eigenvalue weighted by atomic mass is 9.84. The standard InChI is InChI=1S/C14H19BrFN3/c1-14(2,5-6-17)4-3-13-18-11-7-9(15)10(16)8-12(11)19-13/h7-8H,3-6,17H2,1-2H3,(H,18,19). The predicted octanol–water partition coefficient (Wildman–Crippen LogP) is 3.77. The zero-order chi connectivity index (χ0) is 14.0. The van der Waals surface area contributed by atoms with E-state index in [1.807, 2.05) is 0 Å². The number of nitrogens with zero attached hydrogens (tertiary/aromatic N) is 1. The molecule has 0 fully saturated rings. The zero-order valence-electron chi connectivity index (χ0n) is 11.3. The van der Waals surface area contributed by atoms with E-state index < -0.39 is 0 Å². The normalized spacial score (nSPS) is 12.3. The second-order valence-electron chi connectivity index (χ2n) is 5.67. The van der Waals surface area contributed by atoms with E-state index in [1.54, 1.807) is 6.07 Å². The third-order valence-corrected chi connectivity index (χ3v) is 4.04. The minimum Gasteiger partial charge on any atom is -0.342 e. The fourth-order valence-corrected chi connectivity index (χ4v) is 2.48. The van der Waals surface area contributed by atoms with Crippen molar-refractivity contribution in [2.75, 3.05) is 6.54 Å². The number of hydrogen-bond acceptors (Lipinski definition) is 2. The predicted molar refractivity (Wildman–Crippen MR) is 79.5 cm³/mol. The second-order valence-corrected chi connectivity index (χ2v) is 6.52. The molecule has 0 spiro atoms. The Hall–Kier alpha value is -0.940. The van der Waals surface area contributed by atoms with Crippen molar-refractivity contribution in [1.29, 1.82) is 0 Å². The number of imidazole rings is 1. The van der Waals surface area contributed by atoms with Crippen molar-refractivity contribution < 1.29 is 4.39 Å². The Morgan fingerprint density at radius 1 is 1.37 bits per heavy atom. The topological polar surface area (TPSA) is 54.7 Å². The van der Waals surface area contributed by atoms with Crippen LogP contribution >= 0.6 is 15.9 Å². The summed E-state index contributed by atoms with van der Waals surface area (Å²) in [7, 11) is 0. The van der Waals surface area contributed by atoms with Crippen molar-refractivity contribution in [3.05, 3.63) is 28.2 Å². The van der Waals surface area contributed by atoms with Gasteiger partial charge >= 0.3 is 0 Å². The number of halogens is 2. The maximum absolute atomic E-state index is 13.4. The van der Waals surface area contributed by atoms with Crippen molar-refractivity contribution in [3.63, 3.8) is 0 Å². The van der Waals surface area contributed by atoms with Gasteiger partial charge in [0.15, 0.2) is 0 Å². The molecule has 0 bridgehead atoms. The number of rotatable bonds is 5. The lowest BCUT2D eigenvalue weighted by Gasteiger charge is -2.22. The Labute approximate surface area is 120 Å². The van der Waals surface area contributed by atoms with E-state index in [0.29, 0.717) is 11.0 Å². The number of nitrogens with one attached hydrogen (secondary N) is 1. The van der Waals surface area contributed by atoms with Crippen molar-refractivity contribution in [3.8, 4) is 0 Å². The summed E-state index contributed by atoms with van der Waals surface area (Å²) in [5.41, 5.74) is 7.35. The van der Waals surface area contributed by atoms with Gasteiger partial charge in [-0.1, -0.05) is 13.8 Å². The number of fused-ring (bicyclic) bond motifs is 1. The highest BCUT2D eigenvalue weighted by Gasteiger charge is 2.17. The summed E-state index contributed by atoms with van der Waals surface area (Å²) in [5, 5.41) is 0. The first-order valence-electron chi connectivity index (χ1n) is 6.45. The molecule has 0 unspecified atom stereocenters. The van der Waals surface area contributed by atoms with Crippen LogP contribution in [0.2, 0.25) is 0 Å². The summed E-state index contributed by atoms with van der Waals surface area (Å²) in [5.74, 6) is 0.628. The molecule has 0 atom stereocenters. The largest absolute Gasteiger partial charge is 0.342 e. The van der Waals surface area contributed by atoms with Crippen LogP contribution in [-0.2, 0) is 6.42 Å². The summed E-state index contributed by atoms with van der Waals surface area (Å²) in [4.78, 5) is 7.67. The fourth-order valence-electron chi connectivity index (χ4n) is 2.15. The lowest BCUT2D eigenvalue weighted by molar-refractivity contribution is 0.311. The molecule has 0 aliphatic carbocycles. The lowest BCUT2D eigenvalue weighted by Crippen LogP contribution is -2.18. The van der Waals surface area contributed by atoms with Crippen LogP contribution in [0.15, 0.2) is 16.6 Å². The molecule has 0 saturated carbocycles. The van der Waals surface area contributed by atoms with E-state index in [0.717, 1.165) is 36.1 Å². The van der Waals surface area contributed by atoms with Crippen LogP contribution in [0.1, 0.15) is 32.5 Å². The Bertz CT molecular complexity index is 538. The molecule has 0 saturated heterocycles. The van der Waals surface area contributed by atoms with Crippen molar-refractivity contribution in [2.24, 2.45) is 11.1 Å². The molecule has 5 heteroatoms. The molecule has 2 rings (SSSR count). The number of aromatic amines is 1. The van der Waals surface area contributed by atoms with E-state index in [-0.39, 0.29) is 11.2 Å².